The first-order valence-corrected chi connectivity index (χ1v) is 9.84. The lowest BCUT2D eigenvalue weighted by Crippen LogP contribution is -2.13. The van der Waals surface area contributed by atoms with Crippen molar-refractivity contribution in [2.24, 2.45) is 0 Å². The maximum absolute atomic E-state index is 11.3. The van der Waals surface area contributed by atoms with Crippen LogP contribution in [-0.4, -0.2) is 30.8 Å². The first-order chi connectivity index (χ1) is 13.1. The molecule has 0 saturated carbocycles. The molecule has 0 aliphatic carbocycles. The first kappa shape index (κ1) is 20.1. The number of nitrogens with one attached hydrogen (secondary N) is 1. The van der Waals surface area contributed by atoms with Crippen LogP contribution in [-0.2, 0) is 10.2 Å². The third-order valence-electron chi connectivity index (χ3n) is 3.96. The SMILES string of the molecule is CC(=O)Nc1cccc(-n2c(C)nnc2S[C@H](C)c2nc(C(C)(C)C)no2)c1. The number of amides is 1. The van der Waals surface area contributed by atoms with Gasteiger partial charge in [-0.1, -0.05) is 43.8 Å². The van der Waals surface area contributed by atoms with Crippen molar-refractivity contribution in [1.82, 2.24) is 24.9 Å². The number of nitrogens with zero attached hydrogens (tertiary/aromatic N) is 5. The van der Waals surface area contributed by atoms with Gasteiger partial charge in [0.2, 0.25) is 11.8 Å². The molecule has 3 rings (SSSR count). The summed E-state index contributed by atoms with van der Waals surface area (Å²) in [5.74, 6) is 1.85. The standard InChI is InChI=1S/C19H24N6O2S/c1-11(16-21-17(24-27-16)19(4,5)6)28-18-23-22-12(2)25(18)15-9-7-8-14(10-15)20-13(3)26/h7-11H,1-6H3,(H,20,26)/t11-/m1/s1. The summed E-state index contributed by atoms with van der Waals surface area (Å²) >= 11 is 1.49. The van der Waals surface area contributed by atoms with Crippen molar-refractivity contribution >= 4 is 23.4 Å². The zero-order chi connectivity index (χ0) is 20.5. The summed E-state index contributed by atoms with van der Waals surface area (Å²) in [4.78, 5) is 15.9. The van der Waals surface area contributed by atoms with Gasteiger partial charge in [-0.05, 0) is 32.0 Å². The van der Waals surface area contributed by atoms with E-state index in [1.807, 2.05) is 63.5 Å². The minimum absolute atomic E-state index is 0.0931. The fraction of sp³-hybridized carbons (Fsp3) is 0.421. The van der Waals surface area contributed by atoms with E-state index in [1.54, 1.807) is 0 Å². The number of thioether (sulfide) groups is 1. The molecule has 8 nitrogen and oxygen atoms in total. The van der Waals surface area contributed by atoms with Gasteiger partial charge in [0, 0.05) is 18.0 Å². The van der Waals surface area contributed by atoms with E-state index < -0.39 is 0 Å². The number of benzene rings is 1. The molecular weight excluding hydrogens is 376 g/mol. The van der Waals surface area contributed by atoms with Crippen molar-refractivity contribution in [2.75, 3.05) is 5.32 Å². The minimum atomic E-state index is -0.174. The normalized spacial score (nSPS) is 12.8. The zero-order valence-electron chi connectivity index (χ0n) is 16.8. The van der Waals surface area contributed by atoms with Crippen molar-refractivity contribution in [1.29, 1.82) is 0 Å². The van der Waals surface area contributed by atoms with Gasteiger partial charge >= 0.3 is 0 Å². The van der Waals surface area contributed by atoms with E-state index >= 15 is 0 Å². The van der Waals surface area contributed by atoms with Crippen molar-refractivity contribution < 1.29 is 9.32 Å². The highest BCUT2D eigenvalue weighted by Gasteiger charge is 2.25. The van der Waals surface area contributed by atoms with Crippen LogP contribution in [0.5, 0.6) is 0 Å². The van der Waals surface area contributed by atoms with Gasteiger partial charge in [0.1, 0.15) is 5.82 Å². The number of aryl methyl sites for hydroxylation is 1. The van der Waals surface area contributed by atoms with Crippen LogP contribution in [0.15, 0.2) is 33.9 Å². The van der Waals surface area contributed by atoms with Gasteiger partial charge in [0.05, 0.1) is 10.9 Å². The Bertz CT molecular complexity index is 988. The topological polar surface area (TPSA) is 98.7 Å². The third-order valence-corrected chi connectivity index (χ3v) is 4.99. The van der Waals surface area contributed by atoms with E-state index in [0.29, 0.717) is 22.6 Å². The van der Waals surface area contributed by atoms with Crippen LogP contribution in [0.3, 0.4) is 0 Å². The highest BCUT2D eigenvalue weighted by molar-refractivity contribution is 7.99. The summed E-state index contributed by atoms with van der Waals surface area (Å²) in [6.07, 6.45) is 0. The van der Waals surface area contributed by atoms with E-state index in [2.05, 4.69) is 25.7 Å². The molecule has 0 saturated heterocycles. The molecule has 1 N–H and O–H groups in total. The molecule has 3 aromatic rings. The number of rotatable bonds is 5. The van der Waals surface area contributed by atoms with Crippen molar-refractivity contribution in [3.05, 3.63) is 41.8 Å². The number of aromatic nitrogens is 5. The predicted molar refractivity (Wildman–Crippen MR) is 108 cm³/mol. The number of carbonyl (C=O) groups excluding carboxylic acids is 1. The maximum Gasteiger partial charge on any atom is 0.239 e. The largest absolute Gasteiger partial charge is 0.338 e. The van der Waals surface area contributed by atoms with Crippen LogP contribution in [0, 0.1) is 6.92 Å². The molecular formula is C19H24N6O2S. The number of hydrogen-bond donors (Lipinski definition) is 1. The summed E-state index contributed by atoms with van der Waals surface area (Å²) in [5, 5.41) is 16.0. The van der Waals surface area contributed by atoms with Gasteiger partial charge in [-0.2, -0.15) is 4.98 Å². The molecule has 0 fully saturated rings. The van der Waals surface area contributed by atoms with Crippen LogP contribution in [0.25, 0.3) is 5.69 Å². The summed E-state index contributed by atoms with van der Waals surface area (Å²) in [7, 11) is 0. The minimum Gasteiger partial charge on any atom is -0.338 e. The van der Waals surface area contributed by atoms with Crippen LogP contribution in [0.2, 0.25) is 0 Å². The van der Waals surface area contributed by atoms with Gasteiger partial charge in [-0.15, -0.1) is 10.2 Å². The molecule has 0 aliphatic rings. The Morgan fingerprint density at radius 3 is 2.68 bits per heavy atom. The Hall–Kier alpha value is -2.68. The van der Waals surface area contributed by atoms with Gasteiger partial charge in [-0.3, -0.25) is 9.36 Å². The Morgan fingerprint density at radius 2 is 2.04 bits per heavy atom. The van der Waals surface area contributed by atoms with E-state index in [0.717, 1.165) is 11.5 Å². The molecule has 0 bridgehead atoms. The Kier molecular flexibility index (Phi) is 5.55. The lowest BCUT2D eigenvalue weighted by molar-refractivity contribution is -0.114. The van der Waals surface area contributed by atoms with Gasteiger partial charge < -0.3 is 9.84 Å². The maximum atomic E-state index is 11.3. The molecule has 0 unspecified atom stereocenters. The molecule has 9 heteroatoms. The molecule has 1 aromatic carbocycles. The molecule has 2 aromatic heterocycles. The van der Waals surface area contributed by atoms with Gasteiger partial charge in [-0.25, -0.2) is 0 Å². The molecule has 2 heterocycles. The summed E-state index contributed by atoms with van der Waals surface area (Å²) < 4.78 is 7.39. The smallest absolute Gasteiger partial charge is 0.239 e. The lowest BCUT2D eigenvalue weighted by Gasteiger charge is -2.12. The average Bonchev–Trinajstić information content (AvgIpc) is 3.21. The summed E-state index contributed by atoms with van der Waals surface area (Å²) in [5.41, 5.74) is 1.41. The van der Waals surface area contributed by atoms with Crippen LogP contribution < -0.4 is 5.32 Å². The zero-order valence-corrected chi connectivity index (χ0v) is 17.7. The van der Waals surface area contributed by atoms with Crippen molar-refractivity contribution in [3.63, 3.8) is 0 Å². The quantitative estimate of drug-likeness (QED) is 0.645. The van der Waals surface area contributed by atoms with Crippen LogP contribution in [0.1, 0.15) is 57.4 Å². The van der Waals surface area contributed by atoms with E-state index in [9.17, 15) is 4.79 Å². The Balaban J connectivity index is 1.87. The Morgan fingerprint density at radius 1 is 1.29 bits per heavy atom. The fourth-order valence-electron chi connectivity index (χ4n) is 2.56. The number of anilines is 1. The molecule has 28 heavy (non-hydrogen) atoms. The lowest BCUT2D eigenvalue weighted by atomic mass is 9.96. The molecule has 0 radical (unpaired) electrons. The second kappa shape index (κ2) is 7.75. The molecule has 0 aliphatic heterocycles. The summed E-state index contributed by atoms with van der Waals surface area (Å²) in [6, 6.07) is 7.55. The summed E-state index contributed by atoms with van der Waals surface area (Å²) in [6.45, 7) is 11.5. The van der Waals surface area contributed by atoms with Crippen molar-refractivity contribution in [3.8, 4) is 5.69 Å². The molecule has 1 amide bonds. The predicted octanol–water partition coefficient (Wildman–Crippen LogP) is 4.07. The van der Waals surface area contributed by atoms with Crippen molar-refractivity contribution in [2.45, 2.75) is 57.4 Å². The average molecular weight is 401 g/mol. The highest BCUT2D eigenvalue weighted by Crippen LogP contribution is 2.35. The molecule has 0 spiro atoms. The number of carbonyl (C=O) groups is 1. The first-order valence-electron chi connectivity index (χ1n) is 8.96. The second-order valence-electron chi connectivity index (χ2n) is 7.56. The van der Waals surface area contributed by atoms with Gasteiger partial charge in [0.15, 0.2) is 11.0 Å². The van der Waals surface area contributed by atoms with E-state index in [4.69, 9.17) is 4.52 Å². The Labute approximate surface area is 168 Å². The monoisotopic (exact) mass is 400 g/mol. The van der Waals surface area contributed by atoms with Crippen LogP contribution >= 0.6 is 11.8 Å². The molecule has 1 atom stereocenters. The van der Waals surface area contributed by atoms with Gasteiger partial charge in [0.25, 0.3) is 0 Å². The third kappa shape index (κ3) is 4.41. The number of hydrogen-bond acceptors (Lipinski definition) is 7. The van der Waals surface area contributed by atoms with E-state index in [-0.39, 0.29) is 16.6 Å². The molecule has 148 valence electrons. The van der Waals surface area contributed by atoms with Crippen LogP contribution in [0.4, 0.5) is 5.69 Å². The second-order valence-corrected chi connectivity index (χ2v) is 8.87. The highest BCUT2D eigenvalue weighted by atomic mass is 32.2. The van der Waals surface area contributed by atoms with E-state index in [1.165, 1.54) is 18.7 Å². The fourth-order valence-corrected chi connectivity index (χ4v) is 3.50.